The van der Waals surface area contributed by atoms with Crippen LogP contribution in [-0.4, -0.2) is 29.9 Å². The molecule has 108 valence electrons. The Labute approximate surface area is 116 Å². The molecule has 0 amide bonds. The zero-order chi connectivity index (χ0) is 14.9. The van der Waals surface area contributed by atoms with E-state index in [0.717, 1.165) is 0 Å². The summed E-state index contributed by atoms with van der Waals surface area (Å²) in [7, 11) is 1.42. The maximum absolute atomic E-state index is 11.8. The third-order valence-electron chi connectivity index (χ3n) is 2.95. The zero-order valence-corrected chi connectivity index (χ0v) is 11.5. The first-order chi connectivity index (χ1) is 9.32. The van der Waals surface area contributed by atoms with Crippen LogP contribution < -0.4 is 4.74 Å². The standard InChI is InChI=1S/C14H16O6/c1-14(2)19-12(16)9(13(17)20-14)6-8-4-5-10(15)11(7-8)18-3/h4-5,7,9,15H,6H2,1-3H3. The van der Waals surface area contributed by atoms with E-state index < -0.39 is 23.6 Å². The van der Waals surface area contributed by atoms with E-state index in [0.29, 0.717) is 5.56 Å². The van der Waals surface area contributed by atoms with Crippen molar-refractivity contribution in [3.05, 3.63) is 23.8 Å². The van der Waals surface area contributed by atoms with Gasteiger partial charge in [0, 0.05) is 13.8 Å². The van der Waals surface area contributed by atoms with Crippen LogP contribution in [0.2, 0.25) is 0 Å². The summed E-state index contributed by atoms with van der Waals surface area (Å²) in [4.78, 5) is 23.7. The number of phenols is 1. The van der Waals surface area contributed by atoms with Gasteiger partial charge in [-0.25, -0.2) is 0 Å². The fraction of sp³-hybridized carbons (Fsp3) is 0.429. The fourth-order valence-corrected chi connectivity index (χ4v) is 2.00. The van der Waals surface area contributed by atoms with Crippen LogP contribution in [-0.2, 0) is 25.5 Å². The van der Waals surface area contributed by atoms with Gasteiger partial charge in [0.15, 0.2) is 17.4 Å². The number of benzene rings is 1. The number of hydrogen-bond donors (Lipinski definition) is 1. The highest BCUT2D eigenvalue weighted by Gasteiger charge is 2.43. The van der Waals surface area contributed by atoms with E-state index in [9.17, 15) is 14.7 Å². The first kappa shape index (κ1) is 14.2. The molecule has 1 aliphatic rings. The van der Waals surface area contributed by atoms with Crippen molar-refractivity contribution in [2.24, 2.45) is 5.92 Å². The Morgan fingerprint density at radius 3 is 2.40 bits per heavy atom. The summed E-state index contributed by atoms with van der Waals surface area (Å²) in [6.45, 7) is 3.01. The van der Waals surface area contributed by atoms with Crippen molar-refractivity contribution in [1.82, 2.24) is 0 Å². The minimum atomic E-state index is -1.22. The highest BCUT2D eigenvalue weighted by atomic mass is 16.7. The molecular weight excluding hydrogens is 264 g/mol. The van der Waals surface area contributed by atoms with Gasteiger partial charge in [-0.3, -0.25) is 9.59 Å². The first-order valence-electron chi connectivity index (χ1n) is 6.14. The second kappa shape index (κ2) is 5.03. The molecule has 20 heavy (non-hydrogen) atoms. The first-order valence-corrected chi connectivity index (χ1v) is 6.14. The van der Waals surface area contributed by atoms with Gasteiger partial charge >= 0.3 is 11.9 Å². The fourth-order valence-electron chi connectivity index (χ4n) is 2.00. The molecule has 0 atom stereocenters. The molecule has 0 aromatic heterocycles. The monoisotopic (exact) mass is 280 g/mol. The lowest BCUT2D eigenvalue weighted by Crippen LogP contribution is -2.46. The molecule has 1 N–H and O–H groups in total. The molecule has 0 spiro atoms. The average Bonchev–Trinajstić information content (AvgIpc) is 2.34. The van der Waals surface area contributed by atoms with Gasteiger partial charge in [-0.15, -0.1) is 0 Å². The summed E-state index contributed by atoms with van der Waals surface area (Å²) in [6, 6.07) is 4.62. The van der Waals surface area contributed by atoms with Gasteiger partial charge in [0.1, 0.15) is 0 Å². The Bertz CT molecular complexity index is 529. The Morgan fingerprint density at radius 1 is 1.25 bits per heavy atom. The lowest BCUT2D eigenvalue weighted by molar-refractivity contribution is -0.239. The molecule has 0 bridgehead atoms. The second-order valence-electron chi connectivity index (χ2n) is 5.00. The van der Waals surface area contributed by atoms with Crippen LogP contribution in [0.25, 0.3) is 0 Å². The van der Waals surface area contributed by atoms with E-state index in [2.05, 4.69) is 0 Å². The van der Waals surface area contributed by atoms with Gasteiger partial charge < -0.3 is 19.3 Å². The predicted molar refractivity (Wildman–Crippen MR) is 68.1 cm³/mol. The van der Waals surface area contributed by atoms with Gasteiger partial charge in [0.25, 0.3) is 5.79 Å². The molecule has 1 saturated heterocycles. The van der Waals surface area contributed by atoms with Gasteiger partial charge in [0.05, 0.1) is 7.11 Å². The van der Waals surface area contributed by atoms with E-state index in [4.69, 9.17) is 14.2 Å². The predicted octanol–water partition coefficient (Wildman–Crippen LogP) is 1.40. The summed E-state index contributed by atoms with van der Waals surface area (Å²) in [5, 5.41) is 9.51. The van der Waals surface area contributed by atoms with E-state index in [1.807, 2.05) is 0 Å². The third kappa shape index (κ3) is 2.84. The average molecular weight is 280 g/mol. The summed E-state index contributed by atoms with van der Waals surface area (Å²) in [5.74, 6) is -3.18. The highest BCUT2D eigenvalue weighted by molar-refractivity contribution is 5.96. The molecule has 1 fully saturated rings. The molecule has 6 nitrogen and oxygen atoms in total. The number of ether oxygens (including phenoxy) is 3. The number of hydrogen-bond acceptors (Lipinski definition) is 6. The number of rotatable bonds is 3. The third-order valence-corrected chi connectivity index (χ3v) is 2.95. The van der Waals surface area contributed by atoms with Crippen molar-refractivity contribution >= 4 is 11.9 Å². The van der Waals surface area contributed by atoms with Crippen molar-refractivity contribution in [1.29, 1.82) is 0 Å². The molecule has 0 unspecified atom stereocenters. The Hall–Kier alpha value is -2.24. The SMILES string of the molecule is COc1cc(CC2C(=O)OC(C)(C)OC2=O)ccc1O. The number of cyclic esters (lactones) is 2. The van der Waals surface area contributed by atoms with Crippen LogP contribution in [0.1, 0.15) is 19.4 Å². The number of esters is 2. The topological polar surface area (TPSA) is 82.1 Å². The molecule has 0 radical (unpaired) electrons. The van der Waals surface area contributed by atoms with Crippen LogP contribution in [0.3, 0.4) is 0 Å². The molecule has 1 aromatic carbocycles. The number of carbonyl (C=O) groups is 2. The Morgan fingerprint density at radius 2 is 1.85 bits per heavy atom. The van der Waals surface area contributed by atoms with E-state index in [1.54, 1.807) is 12.1 Å². The lowest BCUT2D eigenvalue weighted by Gasteiger charge is -2.32. The largest absolute Gasteiger partial charge is 0.504 e. The van der Waals surface area contributed by atoms with Gasteiger partial charge in [-0.2, -0.15) is 0 Å². The normalized spacial score (nSPS) is 18.4. The van der Waals surface area contributed by atoms with Gasteiger partial charge in [0.2, 0.25) is 0 Å². The molecule has 0 saturated carbocycles. The summed E-state index contributed by atoms with van der Waals surface area (Å²) in [5.41, 5.74) is 0.665. The van der Waals surface area contributed by atoms with Crippen molar-refractivity contribution in [3.63, 3.8) is 0 Å². The quantitative estimate of drug-likeness (QED) is 0.665. The number of carbonyl (C=O) groups excluding carboxylic acids is 2. The summed E-state index contributed by atoms with van der Waals surface area (Å²) in [6.07, 6.45) is 0.129. The highest BCUT2D eigenvalue weighted by Crippen LogP contribution is 2.30. The molecule has 2 rings (SSSR count). The smallest absolute Gasteiger partial charge is 0.323 e. The van der Waals surface area contributed by atoms with Crippen LogP contribution in [0.15, 0.2) is 18.2 Å². The minimum absolute atomic E-state index is 0.00817. The van der Waals surface area contributed by atoms with Crippen LogP contribution >= 0.6 is 0 Å². The van der Waals surface area contributed by atoms with E-state index in [1.165, 1.54) is 27.0 Å². The van der Waals surface area contributed by atoms with Crippen molar-refractivity contribution < 1.29 is 28.9 Å². The maximum atomic E-state index is 11.8. The van der Waals surface area contributed by atoms with Gasteiger partial charge in [-0.05, 0) is 24.1 Å². The van der Waals surface area contributed by atoms with Crippen LogP contribution in [0, 0.1) is 5.92 Å². The molecular formula is C14H16O6. The number of methoxy groups -OCH3 is 1. The second-order valence-corrected chi connectivity index (χ2v) is 5.00. The Kier molecular flexibility index (Phi) is 3.57. The lowest BCUT2D eigenvalue weighted by atomic mass is 9.98. The van der Waals surface area contributed by atoms with Crippen molar-refractivity contribution in [3.8, 4) is 11.5 Å². The summed E-state index contributed by atoms with van der Waals surface area (Å²) >= 11 is 0. The van der Waals surface area contributed by atoms with E-state index >= 15 is 0 Å². The molecule has 1 aliphatic heterocycles. The van der Waals surface area contributed by atoms with Crippen LogP contribution in [0.4, 0.5) is 0 Å². The summed E-state index contributed by atoms with van der Waals surface area (Å²) < 4.78 is 15.1. The molecule has 1 aromatic rings. The van der Waals surface area contributed by atoms with Crippen LogP contribution in [0.5, 0.6) is 11.5 Å². The van der Waals surface area contributed by atoms with Crippen molar-refractivity contribution in [2.45, 2.75) is 26.1 Å². The number of aromatic hydroxyl groups is 1. The van der Waals surface area contributed by atoms with E-state index in [-0.39, 0.29) is 17.9 Å². The Balaban J connectivity index is 2.18. The molecule has 6 heteroatoms. The van der Waals surface area contributed by atoms with Crippen molar-refractivity contribution in [2.75, 3.05) is 7.11 Å². The maximum Gasteiger partial charge on any atom is 0.323 e. The van der Waals surface area contributed by atoms with Gasteiger partial charge in [-0.1, -0.05) is 6.07 Å². The minimum Gasteiger partial charge on any atom is -0.504 e. The zero-order valence-electron chi connectivity index (χ0n) is 11.5. The molecule has 1 heterocycles. The molecule has 0 aliphatic carbocycles. The number of phenolic OH excluding ortho intramolecular Hbond substituents is 1.